The number of hydrogen-bond acceptors (Lipinski definition) is 6. The first-order chi connectivity index (χ1) is 13.8. The minimum atomic E-state index is -3.17. The van der Waals surface area contributed by atoms with Crippen molar-refractivity contribution in [1.82, 2.24) is 15.1 Å². The molecule has 0 aromatic heterocycles. The van der Waals surface area contributed by atoms with Crippen molar-refractivity contribution in [3.8, 4) is 0 Å². The maximum absolute atomic E-state index is 13.1. The van der Waals surface area contributed by atoms with Crippen LogP contribution in [0.15, 0.2) is 0 Å². The number of rotatable bonds is 5. The van der Waals surface area contributed by atoms with Gasteiger partial charge in [0.25, 0.3) is 5.91 Å². The van der Waals surface area contributed by atoms with Crippen LogP contribution in [0.5, 0.6) is 0 Å². The molecule has 4 amide bonds. The largest absolute Gasteiger partial charge is 0.376 e. The summed E-state index contributed by atoms with van der Waals surface area (Å²) in [7, 11) is -3.17. The lowest BCUT2D eigenvalue weighted by Gasteiger charge is -2.32. The second-order valence-electron chi connectivity index (χ2n) is 8.70. The number of nitrogens with one attached hydrogen (secondary N) is 1. The van der Waals surface area contributed by atoms with Crippen LogP contribution in [0.1, 0.15) is 51.4 Å². The third kappa shape index (κ3) is 4.14. The van der Waals surface area contributed by atoms with E-state index in [-0.39, 0.29) is 36.0 Å². The number of carbonyl (C=O) groups excluding carboxylic acids is 3. The molecule has 3 aliphatic heterocycles. The molecule has 9 nitrogen and oxygen atoms in total. The van der Waals surface area contributed by atoms with Crippen LogP contribution in [-0.4, -0.2) is 84.9 Å². The van der Waals surface area contributed by atoms with E-state index in [1.165, 1.54) is 4.90 Å². The van der Waals surface area contributed by atoms with Gasteiger partial charge >= 0.3 is 6.03 Å². The molecule has 10 heteroatoms. The standard InChI is InChI=1S/C19H29N3O6S/c23-16(12-22-17(24)19(20-18(22)25)7-2-1-3-8-19)21(11-15-5-4-9-28-15)14-6-10-29(26,27)13-14/h14-15H,1-13H2,(H,20,25)/t14-,15-/m1/s1. The van der Waals surface area contributed by atoms with E-state index in [4.69, 9.17) is 4.74 Å². The van der Waals surface area contributed by atoms with E-state index in [2.05, 4.69) is 5.32 Å². The predicted octanol–water partition coefficient (Wildman–Crippen LogP) is 0.436. The Morgan fingerprint density at radius 2 is 1.93 bits per heavy atom. The summed E-state index contributed by atoms with van der Waals surface area (Å²) in [5.41, 5.74) is -0.869. The van der Waals surface area contributed by atoms with Crippen LogP contribution < -0.4 is 5.32 Å². The van der Waals surface area contributed by atoms with Gasteiger partial charge in [0.05, 0.1) is 17.6 Å². The summed E-state index contributed by atoms with van der Waals surface area (Å²) in [6, 6.07) is -0.956. The van der Waals surface area contributed by atoms with Crippen LogP contribution in [0.3, 0.4) is 0 Å². The quantitative estimate of drug-likeness (QED) is 0.637. The Morgan fingerprint density at radius 3 is 2.55 bits per heavy atom. The minimum absolute atomic E-state index is 0.0548. The van der Waals surface area contributed by atoms with Crippen molar-refractivity contribution in [3.63, 3.8) is 0 Å². The van der Waals surface area contributed by atoms with Gasteiger partial charge in [-0.2, -0.15) is 0 Å². The number of hydrogen-bond donors (Lipinski definition) is 1. The second-order valence-corrected chi connectivity index (χ2v) is 10.9. The highest BCUT2D eigenvalue weighted by atomic mass is 32.2. The first-order valence-corrected chi connectivity index (χ1v) is 12.4. The Labute approximate surface area is 171 Å². The van der Waals surface area contributed by atoms with Crippen LogP contribution in [-0.2, 0) is 24.2 Å². The molecule has 3 saturated heterocycles. The number of carbonyl (C=O) groups is 3. The van der Waals surface area contributed by atoms with Gasteiger partial charge in [-0.05, 0) is 32.1 Å². The van der Waals surface area contributed by atoms with Gasteiger partial charge in [-0.1, -0.05) is 19.3 Å². The molecule has 0 unspecified atom stereocenters. The van der Waals surface area contributed by atoms with E-state index in [0.717, 1.165) is 37.0 Å². The van der Waals surface area contributed by atoms with Crippen molar-refractivity contribution in [2.24, 2.45) is 0 Å². The van der Waals surface area contributed by atoms with Gasteiger partial charge in [-0.15, -0.1) is 0 Å². The number of sulfone groups is 1. The SMILES string of the molecule is O=C1NC2(CCCCC2)C(=O)N1CC(=O)N(C[C@H]1CCCO1)[C@@H]1CCS(=O)(=O)C1. The summed E-state index contributed by atoms with van der Waals surface area (Å²) in [5.74, 6) is -0.736. The number of imide groups is 1. The molecule has 1 spiro atoms. The van der Waals surface area contributed by atoms with Crippen molar-refractivity contribution in [2.45, 2.75) is 69.1 Å². The number of amides is 4. The summed E-state index contributed by atoms with van der Waals surface area (Å²) in [6.07, 6.45) is 5.96. The van der Waals surface area contributed by atoms with Crippen molar-refractivity contribution >= 4 is 27.7 Å². The van der Waals surface area contributed by atoms with E-state index in [9.17, 15) is 22.8 Å². The first-order valence-electron chi connectivity index (χ1n) is 10.6. The van der Waals surface area contributed by atoms with Crippen molar-refractivity contribution in [3.05, 3.63) is 0 Å². The third-order valence-corrected chi connectivity index (χ3v) is 8.39. The maximum Gasteiger partial charge on any atom is 0.325 e. The van der Waals surface area contributed by atoms with Crippen LogP contribution in [0.25, 0.3) is 0 Å². The molecule has 4 fully saturated rings. The number of ether oxygens (including phenoxy) is 1. The summed E-state index contributed by atoms with van der Waals surface area (Å²) in [4.78, 5) is 41.2. The van der Waals surface area contributed by atoms with E-state index >= 15 is 0 Å². The molecule has 1 aliphatic carbocycles. The van der Waals surface area contributed by atoms with Crippen LogP contribution in [0.2, 0.25) is 0 Å². The molecule has 4 rings (SSSR count). The third-order valence-electron chi connectivity index (χ3n) is 6.64. The van der Waals surface area contributed by atoms with Crippen molar-refractivity contribution in [2.75, 3.05) is 31.2 Å². The predicted molar refractivity (Wildman–Crippen MR) is 104 cm³/mol. The van der Waals surface area contributed by atoms with Gasteiger partial charge in [0, 0.05) is 19.2 Å². The average molecular weight is 428 g/mol. The zero-order valence-corrected chi connectivity index (χ0v) is 17.4. The van der Waals surface area contributed by atoms with Gasteiger partial charge in [0.15, 0.2) is 9.84 Å². The normalized spacial score (nSPS) is 30.7. The van der Waals surface area contributed by atoms with E-state index in [0.29, 0.717) is 32.4 Å². The van der Waals surface area contributed by atoms with Gasteiger partial charge in [-0.3, -0.25) is 14.5 Å². The van der Waals surface area contributed by atoms with Gasteiger partial charge in [0.2, 0.25) is 5.91 Å². The molecule has 0 radical (unpaired) electrons. The lowest BCUT2D eigenvalue weighted by Crippen LogP contribution is -2.51. The molecule has 4 aliphatic rings. The Kier molecular flexibility index (Phi) is 5.58. The molecule has 1 N–H and O–H groups in total. The smallest absolute Gasteiger partial charge is 0.325 e. The van der Waals surface area contributed by atoms with Crippen molar-refractivity contribution in [1.29, 1.82) is 0 Å². The van der Waals surface area contributed by atoms with Gasteiger partial charge in [-0.25, -0.2) is 13.2 Å². The zero-order chi connectivity index (χ0) is 20.6. The van der Waals surface area contributed by atoms with E-state index < -0.39 is 27.4 Å². The van der Waals surface area contributed by atoms with Crippen LogP contribution in [0, 0.1) is 0 Å². The lowest BCUT2D eigenvalue weighted by molar-refractivity contribution is -0.141. The molecule has 0 aromatic carbocycles. The fourth-order valence-electron chi connectivity index (χ4n) is 5.02. The molecule has 162 valence electrons. The highest BCUT2D eigenvalue weighted by molar-refractivity contribution is 7.91. The lowest BCUT2D eigenvalue weighted by atomic mass is 9.82. The molecule has 1 saturated carbocycles. The topological polar surface area (TPSA) is 113 Å². The van der Waals surface area contributed by atoms with E-state index in [1.807, 2.05) is 0 Å². The monoisotopic (exact) mass is 427 g/mol. The van der Waals surface area contributed by atoms with Crippen molar-refractivity contribution < 1.29 is 27.5 Å². The number of urea groups is 1. The highest BCUT2D eigenvalue weighted by Gasteiger charge is 2.52. The minimum Gasteiger partial charge on any atom is -0.376 e. The van der Waals surface area contributed by atoms with Gasteiger partial charge < -0.3 is 15.0 Å². The summed E-state index contributed by atoms with van der Waals surface area (Å²) >= 11 is 0. The summed E-state index contributed by atoms with van der Waals surface area (Å²) in [6.45, 7) is 0.578. The zero-order valence-electron chi connectivity index (χ0n) is 16.6. The Morgan fingerprint density at radius 1 is 1.17 bits per heavy atom. The molecular weight excluding hydrogens is 398 g/mol. The fraction of sp³-hybridized carbons (Fsp3) is 0.842. The molecule has 29 heavy (non-hydrogen) atoms. The summed E-state index contributed by atoms with van der Waals surface area (Å²) < 4.78 is 29.6. The molecular formula is C19H29N3O6S. The summed E-state index contributed by atoms with van der Waals surface area (Å²) in [5, 5.41) is 2.82. The van der Waals surface area contributed by atoms with E-state index in [1.54, 1.807) is 0 Å². The maximum atomic E-state index is 13.1. The Bertz CT molecular complexity index is 786. The van der Waals surface area contributed by atoms with Gasteiger partial charge in [0.1, 0.15) is 12.1 Å². The second kappa shape index (κ2) is 7.86. The molecule has 2 atom stereocenters. The highest BCUT2D eigenvalue weighted by Crippen LogP contribution is 2.33. The molecule has 0 aromatic rings. The molecule has 3 heterocycles. The van der Waals surface area contributed by atoms with Crippen LogP contribution in [0.4, 0.5) is 4.79 Å². The fourth-order valence-corrected chi connectivity index (χ4v) is 6.75. The van der Waals surface area contributed by atoms with Crippen LogP contribution >= 0.6 is 0 Å². The molecule has 0 bridgehead atoms. The Hall–Kier alpha value is -1.68. The average Bonchev–Trinajstić information content (AvgIpc) is 3.37. The number of nitrogens with zero attached hydrogens (tertiary/aromatic N) is 2. The Balaban J connectivity index is 1.48. The first kappa shape index (κ1) is 20.6.